The Morgan fingerprint density at radius 1 is 1.18 bits per heavy atom. The molecular weight excluding hydrogens is 416 g/mol. The molecule has 5 rings (SSSR count). The Balaban J connectivity index is 1.31. The summed E-state index contributed by atoms with van der Waals surface area (Å²) in [5.74, 6) is 0.822. The molecule has 2 aliphatic heterocycles. The zero-order valence-electron chi connectivity index (χ0n) is 19.0. The molecule has 1 aromatic carbocycles. The lowest BCUT2D eigenvalue weighted by Crippen LogP contribution is -2.36. The highest BCUT2D eigenvalue weighted by Gasteiger charge is 2.31. The van der Waals surface area contributed by atoms with E-state index in [9.17, 15) is 4.79 Å². The Kier molecular flexibility index (Phi) is 6.41. The van der Waals surface area contributed by atoms with Gasteiger partial charge in [0.25, 0.3) is 0 Å². The molecule has 0 amide bonds. The Labute approximate surface area is 194 Å². The third kappa shape index (κ3) is 4.79. The van der Waals surface area contributed by atoms with Gasteiger partial charge in [0.1, 0.15) is 18.4 Å². The van der Waals surface area contributed by atoms with Gasteiger partial charge in [-0.1, -0.05) is 6.07 Å². The first kappa shape index (κ1) is 21.7. The molecule has 2 aromatic heterocycles. The van der Waals surface area contributed by atoms with E-state index in [1.165, 1.54) is 23.9 Å². The average molecular weight is 447 g/mol. The van der Waals surface area contributed by atoms with Gasteiger partial charge in [-0.25, -0.2) is 0 Å². The fraction of sp³-hybridized carbons (Fsp3) is 0.385. The second kappa shape index (κ2) is 9.77. The minimum Gasteiger partial charge on any atom is -0.492 e. The zero-order valence-corrected chi connectivity index (χ0v) is 19.0. The fourth-order valence-electron chi connectivity index (χ4n) is 4.91. The number of carbonyl (C=O) groups excluding carboxylic acids is 1. The van der Waals surface area contributed by atoms with Crippen molar-refractivity contribution in [2.45, 2.75) is 38.5 Å². The molecule has 0 N–H and O–H groups in total. The van der Waals surface area contributed by atoms with Gasteiger partial charge >= 0.3 is 5.97 Å². The standard InChI is InChI=1S/C26H30N4O3/c1-32-26(31)24-7-4-11-29(24)17-20-8-9-25-21(15-20)18-28(13-14-33-25)19-23-6-3-12-30(23)22-5-2-10-27-16-22/h2-3,5-6,8-10,12,15-16,24H,4,7,11,13-14,17-19H2,1H3/t24-/m0/s1. The van der Waals surface area contributed by atoms with Crippen LogP contribution in [0.15, 0.2) is 61.1 Å². The molecule has 0 saturated carbocycles. The largest absolute Gasteiger partial charge is 0.492 e. The summed E-state index contributed by atoms with van der Waals surface area (Å²) >= 11 is 0. The van der Waals surface area contributed by atoms with Crippen molar-refractivity contribution in [2.24, 2.45) is 0 Å². The zero-order chi connectivity index (χ0) is 22.6. The second-order valence-electron chi connectivity index (χ2n) is 8.73. The highest BCUT2D eigenvalue weighted by atomic mass is 16.5. The van der Waals surface area contributed by atoms with Crippen LogP contribution in [0.2, 0.25) is 0 Å². The van der Waals surface area contributed by atoms with Gasteiger partial charge in [0.05, 0.1) is 19.0 Å². The van der Waals surface area contributed by atoms with E-state index >= 15 is 0 Å². The summed E-state index contributed by atoms with van der Waals surface area (Å²) in [6.45, 7) is 4.84. The van der Waals surface area contributed by atoms with Crippen molar-refractivity contribution in [3.63, 3.8) is 0 Å². The summed E-state index contributed by atoms with van der Waals surface area (Å²) in [5, 5.41) is 0. The first-order valence-electron chi connectivity index (χ1n) is 11.6. The third-order valence-corrected chi connectivity index (χ3v) is 6.55. The minimum atomic E-state index is -0.137. The van der Waals surface area contributed by atoms with Crippen LogP contribution < -0.4 is 4.74 Å². The van der Waals surface area contributed by atoms with Crippen LogP contribution in [0, 0.1) is 0 Å². The van der Waals surface area contributed by atoms with Gasteiger partial charge in [-0.2, -0.15) is 0 Å². The first-order chi connectivity index (χ1) is 16.2. The molecule has 1 atom stereocenters. The number of nitrogens with zero attached hydrogens (tertiary/aromatic N) is 4. The van der Waals surface area contributed by atoms with Crippen LogP contribution in [0.3, 0.4) is 0 Å². The number of ether oxygens (including phenoxy) is 2. The molecule has 1 saturated heterocycles. The number of rotatable bonds is 6. The lowest BCUT2D eigenvalue weighted by Gasteiger charge is -2.23. The Morgan fingerprint density at radius 2 is 2.12 bits per heavy atom. The molecule has 3 aromatic rings. The number of likely N-dealkylation sites (tertiary alicyclic amines) is 1. The van der Waals surface area contributed by atoms with Crippen molar-refractivity contribution in [1.29, 1.82) is 0 Å². The quantitative estimate of drug-likeness (QED) is 0.541. The van der Waals surface area contributed by atoms with Gasteiger partial charge < -0.3 is 14.0 Å². The van der Waals surface area contributed by atoms with Crippen LogP contribution in [0.1, 0.15) is 29.7 Å². The van der Waals surface area contributed by atoms with E-state index in [-0.39, 0.29) is 12.0 Å². The van der Waals surface area contributed by atoms with Gasteiger partial charge in [-0.15, -0.1) is 0 Å². The molecule has 33 heavy (non-hydrogen) atoms. The van der Waals surface area contributed by atoms with Crippen LogP contribution in [-0.2, 0) is 29.2 Å². The van der Waals surface area contributed by atoms with Crippen LogP contribution >= 0.6 is 0 Å². The molecule has 1 fully saturated rings. The monoisotopic (exact) mass is 446 g/mol. The maximum atomic E-state index is 12.1. The lowest BCUT2D eigenvalue weighted by molar-refractivity contribution is -0.146. The molecule has 0 bridgehead atoms. The number of hydrogen-bond acceptors (Lipinski definition) is 6. The molecule has 0 radical (unpaired) electrons. The normalized spacial score (nSPS) is 19.0. The topological polar surface area (TPSA) is 59.8 Å². The van der Waals surface area contributed by atoms with Gasteiger partial charge in [0, 0.05) is 49.8 Å². The number of fused-ring (bicyclic) bond motifs is 1. The lowest BCUT2D eigenvalue weighted by atomic mass is 10.1. The Morgan fingerprint density at radius 3 is 2.97 bits per heavy atom. The van der Waals surface area contributed by atoms with Gasteiger partial charge in [0.15, 0.2) is 0 Å². The van der Waals surface area contributed by atoms with E-state index in [0.717, 1.165) is 57.0 Å². The number of methoxy groups -OCH3 is 1. The summed E-state index contributed by atoms with van der Waals surface area (Å²) < 4.78 is 13.3. The van der Waals surface area contributed by atoms with Crippen LogP contribution in [-0.4, -0.2) is 58.2 Å². The fourth-order valence-corrected chi connectivity index (χ4v) is 4.91. The molecule has 0 aliphatic carbocycles. The van der Waals surface area contributed by atoms with E-state index in [1.54, 1.807) is 6.20 Å². The summed E-state index contributed by atoms with van der Waals surface area (Å²) in [6, 6.07) is 14.6. The van der Waals surface area contributed by atoms with Crippen LogP contribution in [0.25, 0.3) is 5.69 Å². The van der Waals surface area contributed by atoms with E-state index in [1.807, 2.05) is 12.3 Å². The predicted octanol–water partition coefficient (Wildman–Crippen LogP) is 3.40. The smallest absolute Gasteiger partial charge is 0.323 e. The maximum Gasteiger partial charge on any atom is 0.323 e. The molecule has 7 heteroatoms. The van der Waals surface area contributed by atoms with Gasteiger partial charge in [0.2, 0.25) is 0 Å². The molecule has 4 heterocycles. The number of esters is 1. The molecular formula is C26H30N4O3. The molecule has 0 spiro atoms. The van der Waals surface area contributed by atoms with Gasteiger partial charge in [-0.05, 0) is 61.3 Å². The Hall–Kier alpha value is -3.16. The Bertz CT molecular complexity index is 1100. The van der Waals surface area contributed by atoms with Crippen molar-refractivity contribution >= 4 is 5.97 Å². The first-order valence-corrected chi connectivity index (χ1v) is 11.6. The van der Waals surface area contributed by atoms with E-state index < -0.39 is 0 Å². The van der Waals surface area contributed by atoms with E-state index in [0.29, 0.717) is 6.61 Å². The number of benzene rings is 1. The number of hydrogen-bond donors (Lipinski definition) is 0. The van der Waals surface area contributed by atoms with Crippen LogP contribution in [0.5, 0.6) is 5.75 Å². The third-order valence-electron chi connectivity index (χ3n) is 6.55. The predicted molar refractivity (Wildman–Crippen MR) is 125 cm³/mol. The molecule has 7 nitrogen and oxygen atoms in total. The molecule has 0 unspecified atom stereocenters. The van der Waals surface area contributed by atoms with Crippen LogP contribution in [0.4, 0.5) is 0 Å². The molecule has 2 aliphatic rings. The van der Waals surface area contributed by atoms with Crippen molar-refractivity contribution in [3.8, 4) is 11.4 Å². The summed E-state index contributed by atoms with van der Waals surface area (Å²) in [5.41, 5.74) is 4.68. The maximum absolute atomic E-state index is 12.1. The summed E-state index contributed by atoms with van der Waals surface area (Å²) in [7, 11) is 1.47. The summed E-state index contributed by atoms with van der Waals surface area (Å²) in [6.07, 6.45) is 7.66. The van der Waals surface area contributed by atoms with Crippen molar-refractivity contribution in [3.05, 3.63) is 77.9 Å². The highest BCUT2D eigenvalue weighted by Crippen LogP contribution is 2.28. The SMILES string of the molecule is COC(=O)[C@@H]1CCCN1Cc1ccc2c(c1)CN(Cc1cccn1-c1cccnc1)CCO2. The van der Waals surface area contributed by atoms with Crippen molar-refractivity contribution in [1.82, 2.24) is 19.4 Å². The number of aromatic nitrogens is 2. The van der Waals surface area contributed by atoms with Crippen molar-refractivity contribution < 1.29 is 14.3 Å². The summed E-state index contributed by atoms with van der Waals surface area (Å²) in [4.78, 5) is 21.0. The number of pyridine rings is 1. The highest BCUT2D eigenvalue weighted by molar-refractivity contribution is 5.76. The minimum absolute atomic E-state index is 0.131. The van der Waals surface area contributed by atoms with Crippen molar-refractivity contribution in [2.75, 3.05) is 26.8 Å². The average Bonchev–Trinajstić information content (AvgIpc) is 3.45. The second-order valence-corrected chi connectivity index (χ2v) is 8.73. The molecule has 172 valence electrons. The van der Waals surface area contributed by atoms with E-state index in [2.05, 4.69) is 61.9 Å². The van der Waals surface area contributed by atoms with Gasteiger partial charge in [-0.3, -0.25) is 19.6 Å². The van der Waals surface area contributed by atoms with E-state index in [4.69, 9.17) is 9.47 Å². The number of carbonyl (C=O) groups is 1.